The van der Waals surface area contributed by atoms with Gasteiger partial charge in [0.05, 0.1) is 0 Å². The van der Waals surface area contributed by atoms with Crippen LogP contribution in [0, 0.1) is 0 Å². The van der Waals surface area contributed by atoms with Gasteiger partial charge in [0.1, 0.15) is 11.5 Å². The lowest BCUT2D eigenvalue weighted by atomic mass is 10.1. The fraction of sp³-hybridized carbons (Fsp3) is 0. The van der Waals surface area contributed by atoms with Crippen LogP contribution in [0.1, 0.15) is 0 Å². The first-order chi connectivity index (χ1) is 12.9. The van der Waals surface area contributed by atoms with Crippen LogP contribution in [-0.2, 0) is 0 Å². The fourth-order valence-electron chi connectivity index (χ4n) is 2.74. The van der Waals surface area contributed by atoms with Crippen molar-refractivity contribution in [3.8, 4) is 22.6 Å². The first kappa shape index (κ1) is 15.9. The van der Waals surface area contributed by atoms with Crippen molar-refractivity contribution < 1.29 is 4.74 Å². The molecule has 1 aromatic heterocycles. The van der Waals surface area contributed by atoms with Crippen molar-refractivity contribution in [3.63, 3.8) is 0 Å². The molecule has 3 heteroatoms. The van der Waals surface area contributed by atoms with Crippen molar-refractivity contribution >= 4 is 11.4 Å². The van der Waals surface area contributed by atoms with E-state index in [4.69, 9.17) is 4.74 Å². The number of para-hydroxylation sites is 1. The second kappa shape index (κ2) is 7.53. The Morgan fingerprint density at radius 2 is 1.31 bits per heavy atom. The van der Waals surface area contributed by atoms with E-state index in [-0.39, 0.29) is 0 Å². The summed E-state index contributed by atoms with van der Waals surface area (Å²) in [6, 6.07) is 29.9. The van der Waals surface area contributed by atoms with Gasteiger partial charge in [-0.3, -0.25) is 4.98 Å². The number of anilines is 2. The number of hydrogen-bond acceptors (Lipinski definition) is 3. The van der Waals surface area contributed by atoms with Crippen molar-refractivity contribution in [1.29, 1.82) is 0 Å². The first-order valence-corrected chi connectivity index (χ1v) is 8.48. The molecule has 1 N–H and O–H groups in total. The molecule has 126 valence electrons. The van der Waals surface area contributed by atoms with Crippen LogP contribution in [0.3, 0.4) is 0 Å². The number of pyridine rings is 1. The third kappa shape index (κ3) is 3.73. The number of benzene rings is 3. The lowest BCUT2D eigenvalue weighted by Crippen LogP contribution is -1.94. The third-order valence-corrected chi connectivity index (χ3v) is 4.02. The van der Waals surface area contributed by atoms with Gasteiger partial charge in [-0.25, -0.2) is 0 Å². The lowest BCUT2D eigenvalue weighted by molar-refractivity contribution is 0.483. The molecule has 1 heterocycles. The van der Waals surface area contributed by atoms with Crippen molar-refractivity contribution in [2.75, 3.05) is 5.32 Å². The van der Waals surface area contributed by atoms with Gasteiger partial charge in [-0.1, -0.05) is 48.5 Å². The Kier molecular flexibility index (Phi) is 4.61. The number of rotatable bonds is 5. The van der Waals surface area contributed by atoms with Crippen molar-refractivity contribution in [2.24, 2.45) is 0 Å². The number of aromatic nitrogens is 1. The second-order valence-electron chi connectivity index (χ2n) is 5.85. The summed E-state index contributed by atoms with van der Waals surface area (Å²) in [4.78, 5) is 4.26. The molecule has 3 nitrogen and oxygen atoms in total. The summed E-state index contributed by atoms with van der Waals surface area (Å²) in [5, 5.41) is 3.47. The van der Waals surface area contributed by atoms with Gasteiger partial charge < -0.3 is 10.1 Å². The van der Waals surface area contributed by atoms with Gasteiger partial charge in [0, 0.05) is 29.3 Å². The first-order valence-electron chi connectivity index (χ1n) is 8.48. The summed E-state index contributed by atoms with van der Waals surface area (Å²) in [5.41, 5.74) is 4.21. The standard InChI is InChI=1S/C23H18N2O/c1-3-7-18(8-4-1)22-17-24-16-15-23(22)25-19-11-13-21(14-12-19)26-20-9-5-2-6-10-20/h1-17H,(H,24,25). The molecule has 0 atom stereocenters. The molecule has 0 saturated heterocycles. The van der Waals surface area contributed by atoms with E-state index in [9.17, 15) is 0 Å². The van der Waals surface area contributed by atoms with Crippen molar-refractivity contribution in [1.82, 2.24) is 4.98 Å². The van der Waals surface area contributed by atoms with Crippen LogP contribution in [0.5, 0.6) is 11.5 Å². The summed E-state index contributed by atoms with van der Waals surface area (Å²) in [6.45, 7) is 0. The van der Waals surface area contributed by atoms with Gasteiger partial charge in [0.15, 0.2) is 0 Å². The molecule has 3 aromatic carbocycles. The molecule has 0 radical (unpaired) electrons. The summed E-state index contributed by atoms with van der Waals surface area (Å²) in [6.07, 6.45) is 3.67. The molecule has 0 bridgehead atoms. The van der Waals surface area contributed by atoms with Gasteiger partial charge in [0.2, 0.25) is 0 Å². The van der Waals surface area contributed by atoms with Crippen LogP contribution in [0.15, 0.2) is 103 Å². The molecule has 4 rings (SSSR count). The Morgan fingerprint density at radius 1 is 0.654 bits per heavy atom. The third-order valence-electron chi connectivity index (χ3n) is 4.02. The van der Waals surface area contributed by atoms with Crippen LogP contribution in [0.25, 0.3) is 11.1 Å². The van der Waals surface area contributed by atoms with Gasteiger partial charge >= 0.3 is 0 Å². The lowest BCUT2D eigenvalue weighted by Gasteiger charge is -2.12. The molecule has 26 heavy (non-hydrogen) atoms. The molecule has 0 aliphatic carbocycles. The zero-order valence-corrected chi connectivity index (χ0v) is 14.2. The molecule has 0 saturated carbocycles. The normalized spacial score (nSPS) is 10.3. The molecule has 0 amide bonds. The average molecular weight is 338 g/mol. The minimum Gasteiger partial charge on any atom is -0.457 e. The zero-order valence-electron chi connectivity index (χ0n) is 14.2. The summed E-state index contributed by atoms with van der Waals surface area (Å²) in [7, 11) is 0. The number of nitrogens with one attached hydrogen (secondary N) is 1. The number of hydrogen-bond donors (Lipinski definition) is 1. The van der Waals surface area contributed by atoms with E-state index in [1.54, 1.807) is 6.20 Å². The van der Waals surface area contributed by atoms with Crippen molar-refractivity contribution in [3.05, 3.63) is 103 Å². The maximum absolute atomic E-state index is 5.84. The Morgan fingerprint density at radius 3 is 2.04 bits per heavy atom. The Bertz CT molecular complexity index is 968. The van der Waals surface area contributed by atoms with E-state index in [1.807, 2.05) is 85.1 Å². The van der Waals surface area contributed by atoms with Gasteiger partial charge in [0.25, 0.3) is 0 Å². The maximum atomic E-state index is 5.84. The molecule has 0 fully saturated rings. The Balaban J connectivity index is 1.53. The van der Waals surface area contributed by atoms with Gasteiger partial charge in [-0.15, -0.1) is 0 Å². The monoisotopic (exact) mass is 338 g/mol. The SMILES string of the molecule is c1ccc(Oc2ccc(Nc3ccncc3-c3ccccc3)cc2)cc1. The van der Waals surface area contributed by atoms with E-state index >= 15 is 0 Å². The highest BCUT2D eigenvalue weighted by atomic mass is 16.5. The van der Waals surface area contributed by atoms with Crippen LogP contribution >= 0.6 is 0 Å². The van der Waals surface area contributed by atoms with E-state index < -0.39 is 0 Å². The van der Waals surface area contributed by atoms with E-state index in [0.717, 1.165) is 34.0 Å². The fourth-order valence-corrected chi connectivity index (χ4v) is 2.74. The largest absolute Gasteiger partial charge is 0.457 e. The smallest absolute Gasteiger partial charge is 0.127 e. The number of nitrogens with zero attached hydrogens (tertiary/aromatic N) is 1. The van der Waals surface area contributed by atoms with Crippen LogP contribution in [-0.4, -0.2) is 4.98 Å². The zero-order chi connectivity index (χ0) is 17.6. The average Bonchev–Trinajstić information content (AvgIpc) is 2.71. The predicted molar refractivity (Wildman–Crippen MR) is 106 cm³/mol. The molecule has 0 aliphatic rings. The summed E-state index contributed by atoms with van der Waals surface area (Å²) < 4.78 is 5.84. The topological polar surface area (TPSA) is 34.1 Å². The molecule has 0 spiro atoms. The Labute approximate surface area is 152 Å². The van der Waals surface area contributed by atoms with E-state index in [2.05, 4.69) is 22.4 Å². The highest BCUT2D eigenvalue weighted by Crippen LogP contribution is 2.30. The molecular formula is C23H18N2O. The van der Waals surface area contributed by atoms with Gasteiger partial charge in [-0.05, 0) is 48.0 Å². The van der Waals surface area contributed by atoms with Crippen LogP contribution in [0.2, 0.25) is 0 Å². The van der Waals surface area contributed by atoms with Crippen LogP contribution < -0.4 is 10.1 Å². The molecular weight excluding hydrogens is 320 g/mol. The molecule has 0 unspecified atom stereocenters. The second-order valence-corrected chi connectivity index (χ2v) is 5.85. The van der Waals surface area contributed by atoms with E-state index in [1.165, 1.54) is 0 Å². The minimum absolute atomic E-state index is 0.805. The molecule has 4 aromatic rings. The predicted octanol–water partition coefficient (Wildman–Crippen LogP) is 6.28. The van der Waals surface area contributed by atoms with Crippen LogP contribution in [0.4, 0.5) is 11.4 Å². The molecule has 0 aliphatic heterocycles. The number of ether oxygens (including phenoxy) is 1. The quantitative estimate of drug-likeness (QED) is 0.465. The van der Waals surface area contributed by atoms with Crippen molar-refractivity contribution in [2.45, 2.75) is 0 Å². The highest BCUT2D eigenvalue weighted by molar-refractivity contribution is 5.80. The maximum Gasteiger partial charge on any atom is 0.127 e. The summed E-state index contributed by atoms with van der Waals surface area (Å²) >= 11 is 0. The summed E-state index contributed by atoms with van der Waals surface area (Å²) in [5.74, 6) is 1.63. The highest BCUT2D eigenvalue weighted by Gasteiger charge is 2.05. The Hall–Kier alpha value is -3.59. The minimum atomic E-state index is 0.805. The van der Waals surface area contributed by atoms with Gasteiger partial charge in [-0.2, -0.15) is 0 Å². The van der Waals surface area contributed by atoms with E-state index in [0.29, 0.717) is 0 Å².